The third kappa shape index (κ3) is 7.84. The summed E-state index contributed by atoms with van der Waals surface area (Å²) in [5.74, 6) is 0. The number of benzene rings is 1. The maximum absolute atomic E-state index is 12.4. The Morgan fingerprint density at radius 3 is 2.17 bits per heavy atom. The van der Waals surface area contributed by atoms with Crippen LogP contribution >= 0.6 is 15.9 Å². The Kier molecular flexibility index (Phi) is 7.08. The molecule has 1 rings (SSSR count). The molecule has 23 heavy (non-hydrogen) atoms. The number of halogens is 1. The second-order valence-corrected chi connectivity index (χ2v) is 8.52. The summed E-state index contributed by atoms with van der Waals surface area (Å²) in [6.07, 6.45) is -0.268. The molecule has 1 aromatic carbocycles. The first kappa shape index (κ1) is 20.0. The zero-order valence-corrected chi connectivity index (χ0v) is 16.7. The van der Waals surface area contributed by atoms with Gasteiger partial charge < -0.3 is 15.0 Å². The van der Waals surface area contributed by atoms with Crippen LogP contribution in [0.15, 0.2) is 28.7 Å². The van der Waals surface area contributed by atoms with Crippen molar-refractivity contribution in [1.82, 2.24) is 10.2 Å². The highest BCUT2D eigenvalue weighted by molar-refractivity contribution is 9.10. The van der Waals surface area contributed by atoms with Crippen molar-refractivity contribution in [2.75, 3.05) is 13.1 Å². The lowest BCUT2D eigenvalue weighted by Gasteiger charge is -2.36. The summed E-state index contributed by atoms with van der Waals surface area (Å²) in [4.78, 5) is 14.1. The van der Waals surface area contributed by atoms with Gasteiger partial charge in [0.15, 0.2) is 0 Å². The lowest BCUT2D eigenvalue weighted by atomic mass is 10.1. The van der Waals surface area contributed by atoms with Gasteiger partial charge in [-0.1, -0.05) is 28.1 Å². The van der Waals surface area contributed by atoms with E-state index < -0.39 is 5.60 Å². The van der Waals surface area contributed by atoms with Crippen molar-refractivity contribution in [2.45, 2.75) is 59.2 Å². The van der Waals surface area contributed by atoms with Gasteiger partial charge in [-0.2, -0.15) is 0 Å². The smallest absolute Gasteiger partial charge is 0.410 e. The minimum Gasteiger partial charge on any atom is -0.444 e. The van der Waals surface area contributed by atoms with Crippen LogP contribution in [0, 0.1) is 0 Å². The largest absolute Gasteiger partial charge is 0.444 e. The molecule has 0 aromatic heterocycles. The Labute approximate surface area is 148 Å². The molecular formula is C18H29BrN2O2. The van der Waals surface area contributed by atoms with E-state index in [1.54, 1.807) is 4.90 Å². The summed E-state index contributed by atoms with van der Waals surface area (Å²) < 4.78 is 6.58. The quantitative estimate of drug-likeness (QED) is 0.755. The standard InChI is InChI=1S/C18H29BrN2O2/c1-17(2,3)21(16(22)23-18(4,5)6)12-11-20-13-14-7-9-15(19)10-8-14/h7-10,20H,11-13H2,1-6H3. The first-order valence-electron chi connectivity index (χ1n) is 7.95. The van der Waals surface area contributed by atoms with E-state index in [2.05, 4.69) is 33.4 Å². The third-order valence-electron chi connectivity index (χ3n) is 3.18. The molecule has 0 saturated heterocycles. The fourth-order valence-corrected chi connectivity index (χ4v) is 2.31. The second kappa shape index (κ2) is 8.15. The lowest BCUT2D eigenvalue weighted by molar-refractivity contribution is 0.00663. The molecule has 0 spiro atoms. The van der Waals surface area contributed by atoms with Gasteiger partial charge in [0.1, 0.15) is 5.60 Å². The first-order valence-corrected chi connectivity index (χ1v) is 8.74. The van der Waals surface area contributed by atoms with Crippen LogP contribution in [-0.2, 0) is 11.3 Å². The number of rotatable bonds is 5. The number of nitrogens with one attached hydrogen (secondary N) is 1. The number of carbonyl (C=O) groups is 1. The van der Waals surface area contributed by atoms with Crippen LogP contribution in [-0.4, -0.2) is 35.2 Å². The normalized spacial score (nSPS) is 12.1. The van der Waals surface area contributed by atoms with Gasteiger partial charge in [0.05, 0.1) is 0 Å². The maximum Gasteiger partial charge on any atom is 0.410 e. The van der Waals surface area contributed by atoms with Crippen molar-refractivity contribution in [1.29, 1.82) is 0 Å². The number of ether oxygens (including phenoxy) is 1. The number of nitrogens with zero attached hydrogens (tertiary/aromatic N) is 1. The summed E-state index contributed by atoms with van der Waals surface area (Å²) in [7, 11) is 0. The van der Waals surface area contributed by atoms with Gasteiger partial charge in [-0.15, -0.1) is 0 Å². The van der Waals surface area contributed by atoms with E-state index >= 15 is 0 Å². The SMILES string of the molecule is CC(C)(C)OC(=O)N(CCNCc1ccc(Br)cc1)C(C)(C)C. The minimum atomic E-state index is -0.481. The Bertz CT molecular complexity index is 501. The Morgan fingerprint density at radius 2 is 1.70 bits per heavy atom. The molecule has 1 amide bonds. The van der Waals surface area contributed by atoms with E-state index in [-0.39, 0.29) is 11.6 Å². The van der Waals surface area contributed by atoms with Crippen molar-refractivity contribution in [3.63, 3.8) is 0 Å². The van der Waals surface area contributed by atoms with E-state index in [0.717, 1.165) is 11.0 Å². The van der Waals surface area contributed by atoms with Crippen LogP contribution in [0.1, 0.15) is 47.1 Å². The van der Waals surface area contributed by atoms with Gasteiger partial charge in [-0.3, -0.25) is 0 Å². The third-order valence-corrected chi connectivity index (χ3v) is 3.71. The number of carbonyl (C=O) groups excluding carboxylic acids is 1. The molecule has 0 aliphatic heterocycles. The van der Waals surface area contributed by atoms with Gasteiger partial charge in [0.2, 0.25) is 0 Å². The van der Waals surface area contributed by atoms with Crippen LogP contribution in [0.25, 0.3) is 0 Å². The molecule has 0 aliphatic carbocycles. The van der Waals surface area contributed by atoms with Gasteiger partial charge in [0, 0.05) is 29.6 Å². The zero-order valence-electron chi connectivity index (χ0n) is 15.1. The predicted octanol–water partition coefficient (Wildman–Crippen LogP) is 4.57. The molecule has 0 aliphatic rings. The molecule has 130 valence electrons. The molecule has 0 saturated carbocycles. The summed E-state index contributed by atoms with van der Waals surface area (Å²) in [5.41, 5.74) is 0.459. The van der Waals surface area contributed by atoms with E-state index in [1.165, 1.54) is 5.56 Å². The average Bonchev–Trinajstić information content (AvgIpc) is 2.37. The highest BCUT2D eigenvalue weighted by Gasteiger charge is 2.30. The van der Waals surface area contributed by atoms with E-state index in [0.29, 0.717) is 13.1 Å². The number of amides is 1. The maximum atomic E-state index is 12.4. The topological polar surface area (TPSA) is 41.6 Å². The monoisotopic (exact) mass is 384 g/mol. The van der Waals surface area contributed by atoms with Crippen molar-refractivity contribution in [2.24, 2.45) is 0 Å². The molecule has 1 aromatic rings. The fraction of sp³-hybridized carbons (Fsp3) is 0.611. The molecule has 0 atom stereocenters. The summed E-state index contributed by atoms with van der Waals surface area (Å²) in [6.45, 7) is 13.8. The van der Waals surface area contributed by atoms with Crippen LogP contribution in [0.2, 0.25) is 0 Å². The van der Waals surface area contributed by atoms with Crippen molar-refractivity contribution in [3.05, 3.63) is 34.3 Å². The predicted molar refractivity (Wildman–Crippen MR) is 98.5 cm³/mol. The average molecular weight is 385 g/mol. The van der Waals surface area contributed by atoms with Crippen LogP contribution in [0.4, 0.5) is 4.79 Å². The number of hydrogen-bond acceptors (Lipinski definition) is 3. The van der Waals surface area contributed by atoms with Crippen molar-refractivity contribution < 1.29 is 9.53 Å². The number of hydrogen-bond donors (Lipinski definition) is 1. The van der Waals surface area contributed by atoms with Gasteiger partial charge in [0.25, 0.3) is 0 Å². The Hall–Kier alpha value is -1.07. The first-order chi connectivity index (χ1) is 10.5. The van der Waals surface area contributed by atoms with E-state index in [4.69, 9.17) is 4.74 Å². The van der Waals surface area contributed by atoms with Crippen LogP contribution < -0.4 is 5.32 Å². The Morgan fingerprint density at radius 1 is 1.13 bits per heavy atom. The molecule has 0 fully saturated rings. The molecular weight excluding hydrogens is 356 g/mol. The lowest BCUT2D eigenvalue weighted by Crippen LogP contribution is -2.50. The van der Waals surface area contributed by atoms with Gasteiger partial charge in [-0.05, 0) is 59.2 Å². The van der Waals surface area contributed by atoms with Crippen LogP contribution in [0.3, 0.4) is 0 Å². The van der Waals surface area contributed by atoms with Crippen LogP contribution in [0.5, 0.6) is 0 Å². The second-order valence-electron chi connectivity index (χ2n) is 7.61. The van der Waals surface area contributed by atoms with Gasteiger partial charge >= 0.3 is 6.09 Å². The summed E-state index contributed by atoms with van der Waals surface area (Å²) in [6, 6.07) is 8.21. The molecule has 4 nitrogen and oxygen atoms in total. The highest BCUT2D eigenvalue weighted by Crippen LogP contribution is 2.18. The van der Waals surface area contributed by atoms with E-state index in [1.807, 2.05) is 53.7 Å². The molecule has 5 heteroatoms. The summed E-state index contributed by atoms with van der Waals surface area (Å²) in [5, 5.41) is 3.38. The Balaban J connectivity index is 2.52. The molecule has 0 bridgehead atoms. The molecule has 0 unspecified atom stereocenters. The van der Waals surface area contributed by atoms with Crippen molar-refractivity contribution >= 4 is 22.0 Å². The molecule has 0 heterocycles. The zero-order chi connectivity index (χ0) is 17.7. The fourth-order valence-electron chi connectivity index (χ4n) is 2.04. The minimum absolute atomic E-state index is 0.268. The summed E-state index contributed by atoms with van der Waals surface area (Å²) >= 11 is 3.43. The van der Waals surface area contributed by atoms with Crippen molar-refractivity contribution in [3.8, 4) is 0 Å². The molecule has 1 N–H and O–H groups in total. The van der Waals surface area contributed by atoms with E-state index in [9.17, 15) is 4.79 Å². The molecule has 0 radical (unpaired) electrons. The van der Waals surface area contributed by atoms with Gasteiger partial charge in [-0.25, -0.2) is 4.79 Å². The highest BCUT2D eigenvalue weighted by atomic mass is 79.9.